The number of fused-ring (bicyclic) bond motifs is 1. The van der Waals surface area contributed by atoms with E-state index in [4.69, 9.17) is 0 Å². The van der Waals surface area contributed by atoms with E-state index < -0.39 is 0 Å². The number of carbonyl (C=O) groups excluding carboxylic acids is 1. The maximum Gasteiger partial charge on any atom is 0.224 e. The van der Waals surface area contributed by atoms with Crippen LogP contribution < -0.4 is 10.6 Å². The minimum absolute atomic E-state index is 0.105. The highest BCUT2D eigenvalue weighted by atomic mass is 16.1. The fourth-order valence-electron chi connectivity index (χ4n) is 3.04. The van der Waals surface area contributed by atoms with Crippen molar-refractivity contribution in [2.75, 3.05) is 18.4 Å². The van der Waals surface area contributed by atoms with Crippen LogP contribution in [0.5, 0.6) is 0 Å². The average molecular weight is 294 g/mol. The van der Waals surface area contributed by atoms with Gasteiger partial charge in [-0.3, -0.25) is 4.79 Å². The number of hydrogen-bond acceptors (Lipinski definition) is 2. The molecule has 2 aromatic rings. The zero-order chi connectivity index (χ0) is 15.4. The van der Waals surface area contributed by atoms with Crippen molar-refractivity contribution in [3.05, 3.63) is 65.2 Å². The van der Waals surface area contributed by atoms with Gasteiger partial charge in [0.1, 0.15) is 0 Å². The maximum absolute atomic E-state index is 12.1. The highest BCUT2D eigenvalue weighted by Crippen LogP contribution is 2.32. The minimum Gasteiger partial charge on any atom is -0.384 e. The zero-order valence-electron chi connectivity index (χ0n) is 12.9. The van der Waals surface area contributed by atoms with Crippen molar-refractivity contribution in [2.45, 2.75) is 25.7 Å². The lowest BCUT2D eigenvalue weighted by Crippen LogP contribution is -2.27. The van der Waals surface area contributed by atoms with Crippen molar-refractivity contribution in [1.82, 2.24) is 5.32 Å². The summed E-state index contributed by atoms with van der Waals surface area (Å²) in [4.78, 5) is 12.1. The van der Waals surface area contributed by atoms with Crippen LogP contribution >= 0.6 is 0 Å². The topological polar surface area (TPSA) is 41.1 Å². The van der Waals surface area contributed by atoms with Crippen LogP contribution in [0.2, 0.25) is 0 Å². The summed E-state index contributed by atoms with van der Waals surface area (Å²) in [6.07, 6.45) is 1.44. The van der Waals surface area contributed by atoms with Gasteiger partial charge in [0.05, 0.1) is 6.42 Å². The van der Waals surface area contributed by atoms with Gasteiger partial charge >= 0.3 is 0 Å². The van der Waals surface area contributed by atoms with Gasteiger partial charge in [0.25, 0.3) is 0 Å². The number of nitrogens with one attached hydrogen (secondary N) is 2. The van der Waals surface area contributed by atoms with E-state index in [9.17, 15) is 4.79 Å². The van der Waals surface area contributed by atoms with E-state index in [-0.39, 0.29) is 5.91 Å². The van der Waals surface area contributed by atoms with Crippen LogP contribution in [0.4, 0.5) is 5.69 Å². The Hall–Kier alpha value is -2.29. The van der Waals surface area contributed by atoms with Gasteiger partial charge < -0.3 is 10.6 Å². The first-order valence-corrected chi connectivity index (χ1v) is 7.88. The second-order valence-corrected chi connectivity index (χ2v) is 5.91. The smallest absolute Gasteiger partial charge is 0.224 e. The molecule has 0 radical (unpaired) electrons. The molecule has 1 unspecified atom stereocenters. The summed E-state index contributed by atoms with van der Waals surface area (Å²) in [7, 11) is 0. The predicted molar refractivity (Wildman–Crippen MR) is 90.2 cm³/mol. The second kappa shape index (κ2) is 6.65. The summed E-state index contributed by atoms with van der Waals surface area (Å²) in [6, 6.07) is 16.5. The van der Waals surface area contributed by atoms with Crippen molar-refractivity contribution >= 4 is 11.6 Å². The van der Waals surface area contributed by atoms with Gasteiger partial charge in [-0.2, -0.15) is 0 Å². The molecule has 1 aliphatic rings. The normalized spacial score (nSPS) is 16.0. The Morgan fingerprint density at radius 2 is 1.95 bits per heavy atom. The standard InChI is InChI=1S/C19H22N2O/c1-14-6-2-3-7-15(14)12-19(22)20-11-10-16-13-21-18-9-5-4-8-17(16)18/h2-9,16,21H,10-13H2,1H3,(H,20,22). The number of para-hydroxylation sites is 1. The number of aryl methyl sites for hydroxylation is 1. The van der Waals surface area contributed by atoms with E-state index >= 15 is 0 Å². The van der Waals surface area contributed by atoms with Crippen LogP contribution in [0.15, 0.2) is 48.5 Å². The largest absolute Gasteiger partial charge is 0.384 e. The third-order valence-electron chi connectivity index (χ3n) is 4.37. The molecule has 1 amide bonds. The average Bonchev–Trinajstić information content (AvgIpc) is 2.93. The molecule has 0 aromatic heterocycles. The van der Waals surface area contributed by atoms with E-state index in [1.165, 1.54) is 16.8 Å². The Balaban J connectivity index is 1.48. The number of amides is 1. The predicted octanol–water partition coefficient (Wildman–Crippen LogP) is 3.25. The lowest BCUT2D eigenvalue weighted by Gasteiger charge is -2.11. The first-order valence-electron chi connectivity index (χ1n) is 7.88. The summed E-state index contributed by atoms with van der Waals surface area (Å²) in [5, 5.41) is 6.47. The fraction of sp³-hybridized carbons (Fsp3) is 0.316. The number of carbonyl (C=O) groups is 1. The molecule has 0 fully saturated rings. The van der Waals surface area contributed by atoms with Gasteiger partial charge in [-0.1, -0.05) is 42.5 Å². The minimum atomic E-state index is 0.105. The van der Waals surface area contributed by atoms with Crippen LogP contribution in [-0.4, -0.2) is 19.0 Å². The van der Waals surface area contributed by atoms with Gasteiger partial charge in [-0.15, -0.1) is 0 Å². The Kier molecular flexibility index (Phi) is 4.42. The van der Waals surface area contributed by atoms with Crippen molar-refractivity contribution in [1.29, 1.82) is 0 Å². The summed E-state index contributed by atoms with van der Waals surface area (Å²) < 4.78 is 0. The maximum atomic E-state index is 12.1. The molecule has 0 bridgehead atoms. The molecular weight excluding hydrogens is 272 g/mol. The molecule has 1 heterocycles. The molecule has 0 aliphatic carbocycles. The number of rotatable bonds is 5. The summed E-state index contributed by atoms with van der Waals surface area (Å²) in [5.74, 6) is 0.600. The number of hydrogen-bond donors (Lipinski definition) is 2. The molecule has 0 spiro atoms. The fourth-order valence-corrected chi connectivity index (χ4v) is 3.04. The van der Waals surface area contributed by atoms with Crippen LogP contribution in [0.1, 0.15) is 29.0 Å². The molecule has 1 aliphatic heterocycles. The molecule has 0 saturated carbocycles. The molecular formula is C19H22N2O. The molecule has 2 N–H and O–H groups in total. The first kappa shape index (κ1) is 14.6. The van der Waals surface area contributed by atoms with Crippen LogP contribution in [0.3, 0.4) is 0 Å². The zero-order valence-corrected chi connectivity index (χ0v) is 12.9. The van der Waals surface area contributed by atoms with Gasteiger partial charge in [0, 0.05) is 24.7 Å². The van der Waals surface area contributed by atoms with E-state index in [0.717, 1.165) is 25.1 Å². The third kappa shape index (κ3) is 3.30. The van der Waals surface area contributed by atoms with Crippen LogP contribution in [0, 0.1) is 6.92 Å². The first-order chi connectivity index (χ1) is 10.7. The molecule has 114 valence electrons. The molecule has 2 aromatic carbocycles. The Labute approximate surface area is 131 Å². The van der Waals surface area contributed by atoms with E-state index in [0.29, 0.717) is 12.3 Å². The van der Waals surface area contributed by atoms with E-state index in [1.807, 2.05) is 31.2 Å². The molecule has 3 rings (SSSR count). The molecule has 3 heteroatoms. The second-order valence-electron chi connectivity index (χ2n) is 5.91. The molecule has 1 atom stereocenters. The quantitative estimate of drug-likeness (QED) is 0.888. The summed E-state index contributed by atoms with van der Waals surface area (Å²) >= 11 is 0. The van der Waals surface area contributed by atoms with Crippen LogP contribution in [0.25, 0.3) is 0 Å². The van der Waals surface area contributed by atoms with Gasteiger partial charge in [-0.05, 0) is 36.1 Å². The highest BCUT2D eigenvalue weighted by molar-refractivity contribution is 5.78. The molecule has 3 nitrogen and oxygen atoms in total. The van der Waals surface area contributed by atoms with Crippen molar-refractivity contribution in [2.24, 2.45) is 0 Å². The number of anilines is 1. The lowest BCUT2D eigenvalue weighted by molar-refractivity contribution is -0.120. The van der Waals surface area contributed by atoms with Crippen LogP contribution in [-0.2, 0) is 11.2 Å². The van der Waals surface area contributed by atoms with Crippen molar-refractivity contribution in [3.8, 4) is 0 Å². The summed E-state index contributed by atoms with van der Waals surface area (Å²) in [5.41, 5.74) is 4.88. The Morgan fingerprint density at radius 3 is 2.82 bits per heavy atom. The van der Waals surface area contributed by atoms with Crippen molar-refractivity contribution < 1.29 is 4.79 Å². The van der Waals surface area contributed by atoms with Gasteiger partial charge in [0.2, 0.25) is 5.91 Å². The summed E-state index contributed by atoms with van der Waals surface area (Å²) in [6.45, 7) is 3.74. The van der Waals surface area contributed by atoms with Crippen molar-refractivity contribution in [3.63, 3.8) is 0 Å². The number of benzene rings is 2. The van der Waals surface area contributed by atoms with E-state index in [1.54, 1.807) is 0 Å². The Bertz CT molecular complexity index is 666. The van der Waals surface area contributed by atoms with E-state index in [2.05, 4.69) is 34.9 Å². The SMILES string of the molecule is Cc1ccccc1CC(=O)NCCC1CNc2ccccc21. The van der Waals surface area contributed by atoms with Gasteiger partial charge in [-0.25, -0.2) is 0 Å². The monoisotopic (exact) mass is 294 g/mol. The van der Waals surface area contributed by atoms with Gasteiger partial charge in [0.15, 0.2) is 0 Å². The molecule has 0 saturated heterocycles. The lowest BCUT2D eigenvalue weighted by atomic mass is 9.98. The third-order valence-corrected chi connectivity index (χ3v) is 4.37. The Morgan fingerprint density at radius 1 is 1.18 bits per heavy atom. The molecule has 22 heavy (non-hydrogen) atoms. The highest BCUT2D eigenvalue weighted by Gasteiger charge is 2.21.